The summed E-state index contributed by atoms with van der Waals surface area (Å²) in [6.07, 6.45) is 4.62. The van der Waals surface area contributed by atoms with E-state index in [0.717, 1.165) is 5.56 Å². The lowest BCUT2D eigenvalue weighted by molar-refractivity contribution is -0.117. The third-order valence-corrected chi connectivity index (χ3v) is 4.74. The molecule has 6 nitrogen and oxygen atoms in total. The number of carbonyl (C=O) groups is 2. The van der Waals surface area contributed by atoms with Gasteiger partial charge in [0.15, 0.2) is 0 Å². The predicted molar refractivity (Wildman–Crippen MR) is 121 cm³/mol. The van der Waals surface area contributed by atoms with Crippen LogP contribution >= 0.6 is 11.6 Å². The van der Waals surface area contributed by atoms with Gasteiger partial charge in [-0.3, -0.25) is 25.4 Å². The lowest BCUT2D eigenvalue weighted by Crippen LogP contribution is -2.40. The second-order valence-corrected chi connectivity index (χ2v) is 7.05. The van der Waals surface area contributed by atoms with Crippen LogP contribution in [0.5, 0.6) is 0 Å². The number of amides is 2. The molecule has 2 aromatic carbocycles. The maximum atomic E-state index is 12.8. The van der Waals surface area contributed by atoms with Crippen LogP contribution in [-0.2, 0) is 4.79 Å². The number of para-hydroxylation sites is 1. The Morgan fingerprint density at radius 3 is 2.42 bits per heavy atom. The van der Waals surface area contributed by atoms with Crippen molar-refractivity contribution in [2.45, 2.75) is 0 Å². The summed E-state index contributed by atoms with van der Waals surface area (Å²) in [6, 6.07) is 21.5. The molecule has 0 aliphatic rings. The van der Waals surface area contributed by atoms with Crippen molar-refractivity contribution in [2.75, 3.05) is 0 Å². The van der Waals surface area contributed by atoms with E-state index < -0.39 is 11.8 Å². The highest BCUT2D eigenvalue weighted by atomic mass is 35.5. The molecule has 0 bridgehead atoms. The highest BCUT2D eigenvalue weighted by Crippen LogP contribution is 2.23. The minimum absolute atomic E-state index is 0.383. The Labute approximate surface area is 183 Å². The summed E-state index contributed by atoms with van der Waals surface area (Å²) in [7, 11) is 0. The first-order chi connectivity index (χ1) is 15.1. The van der Waals surface area contributed by atoms with Gasteiger partial charge in [0, 0.05) is 22.7 Å². The Balaban J connectivity index is 1.53. The SMILES string of the molecule is O=C(/C=C/c1ccc(Cl)cc1)NNC(=O)c1cc(-c2ccccn2)nc2ccccc12. The molecule has 0 aliphatic carbocycles. The molecule has 2 aromatic heterocycles. The van der Waals surface area contributed by atoms with E-state index in [2.05, 4.69) is 20.8 Å². The molecule has 0 saturated carbocycles. The van der Waals surface area contributed by atoms with Gasteiger partial charge in [0.25, 0.3) is 11.8 Å². The third kappa shape index (κ3) is 4.94. The van der Waals surface area contributed by atoms with Crippen molar-refractivity contribution in [3.8, 4) is 11.4 Å². The summed E-state index contributed by atoms with van der Waals surface area (Å²) in [6.45, 7) is 0. The highest BCUT2D eigenvalue weighted by molar-refractivity contribution is 6.30. The summed E-state index contributed by atoms with van der Waals surface area (Å²) in [5.41, 5.74) is 7.92. The van der Waals surface area contributed by atoms with Gasteiger partial charge in [-0.05, 0) is 48.0 Å². The average molecular weight is 429 g/mol. The molecule has 0 radical (unpaired) electrons. The molecular weight excluding hydrogens is 412 g/mol. The standard InChI is InChI=1S/C24H17ClN4O2/c25-17-11-8-16(9-12-17)10-13-23(30)28-29-24(31)19-15-22(21-7-3-4-14-26-21)27-20-6-2-1-5-18(19)20/h1-15H,(H,28,30)(H,29,31)/b13-10+. The summed E-state index contributed by atoms with van der Waals surface area (Å²) in [5, 5.41) is 1.29. The van der Waals surface area contributed by atoms with Crippen molar-refractivity contribution in [3.63, 3.8) is 0 Å². The van der Waals surface area contributed by atoms with E-state index in [1.54, 1.807) is 42.6 Å². The van der Waals surface area contributed by atoms with Crippen molar-refractivity contribution in [2.24, 2.45) is 0 Å². The number of hydrazine groups is 1. The quantitative estimate of drug-likeness (QED) is 0.372. The number of nitrogens with zero attached hydrogens (tertiary/aromatic N) is 2. The van der Waals surface area contributed by atoms with Gasteiger partial charge in [-0.25, -0.2) is 4.98 Å². The van der Waals surface area contributed by atoms with Crippen LogP contribution < -0.4 is 10.9 Å². The van der Waals surface area contributed by atoms with Crippen molar-refractivity contribution in [1.29, 1.82) is 0 Å². The van der Waals surface area contributed by atoms with Gasteiger partial charge >= 0.3 is 0 Å². The second kappa shape index (κ2) is 9.19. The van der Waals surface area contributed by atoms with Crippen LogP contribution in [-0.4, -0.2) is 21.8 Å². The molecule has 7 heteroatoms. The molecule has 0 unspecified atom stereocenters. The Morgan fingerprint density at radius 1 is 0.871 bits per heavy atom. The van der Waals surface area contributed by atoms with Crippen molar-refractivity contribution < 1.29 is 9.59 Å². The van der Waals surface area contributed by atoms with Crippen molar-refractivity contribution in [1.82, 2.24) is 20.8 Å². The number of carbonyl (C=O) groups excluding carboxylic acids is 2. The van der Waals surface area contributed by atoms with Crippen LogP contribution in [0, 0.1) is 0 Å². The highest BCUT2D eigenvalue weighted by Gasteiger charge is 2.14. The van der Waals surface area contributed by atoms with Gasteiger partial charge in [0.2, 0.25) is 0 Å². The van der Waals surface area contributed by atoms with Crippen molar-refractivity contribution >= 4 is 40.4 Å². The van der Waals surface area contributed by atoms with Crippen LogP contribution in [0.3, 0.4) is 0 Å². The fourth-order valence-electron chi connectivity index (χ4n) is 2.98. The maximum Gasteiger partial charge on any atom is 0.270 e. The lowest BCUT2D eigenvalue weighted by atomic mass is 10.1. The molecule has 2 amide bonds. The molecule has 152 valence electrons. The summed E-state index contributed by atoms with van der Waals surface area (Å²) in [5.74, 6) is -0.921. The number of nitrogens with one attached hydrogen (secondary N) is 2. The largest absolute Gasteiger partial charge is 0.270 e. The first kappa shape index (κ1) is 20.3. The number of hydrogen-bond donors (Lipinski definition) is 2. The zero-order valence-electron chi connectivity index (χ0n) is 16.2. The first-order valence-corrected chi connectivity index (χ1v) is 9.83. The third-order valence-electron chi connectivity index (χ3n) is 4.48. The predicted octanol–water partition coefficient (Wildman–Crippen LogP) is 4.42. The maximum absolute atomic E-state index is 12.8. The molecular formula is C24H17ClN4O2. The molecule has 4 rings (SSSR count). The Bertz CT molecular complexity index is 1270. The van der Waals surface area contributed by atoms with Crippen LogP contribution in [0.1, 0.15) is 15.9 Å². The monoisotopic (exact) mass is 428 g/mol. The number of rotatable bonds is 4. The minimum Gasteiger partial charge on any atom is -0.268 e. The van der Waals surface area contributed by atoms with Gasteiger partial charge in [-0.1, -0.05) is 48.0 Å². The van der Waals surface area contributed by atoms with E-state index in [1.807, 2.05) is 42.5 Å². The van der Waals surface area contributed by atoms with Crippen molar-refractivity contribution in [3.05, 3.63) is 101 Å². The molecule has 31 heavy (non-hydrogen) atoms. The lowest BCUT2D eigenvalue weighted by Gasteiger charge is -2.10. The Hall–Kier alpha value is -4.03. The zero-order valence-corrected chi connectivity index (χ0v) is 17.0. The smallest absolute Gasteiger partial charge is 0.268 e. The van der Waals surface area contributed by atoms with Gasteiger partial charge in [0.1, 0.15) is 0 Å². The Kier molecular flexibility index (Phi) is 6.01. The van der Waals surface area contributed by atoms with Gasteiger partial charge in [-0.15, -0.1) is 0 Å². The van der Waals surface area contributed by atoms with E-state index in [4.69, 9.17) is 11.6 Å². The zero-order chi connectivity index (χ0) is 21.6. The molecule has 4 aromatic rings. The topological polar surface area (TPSA) is 84.0 Å². The first-order valence-electron chi connectivity index (χ1n) is 9.45. The molecule has 0 aliphatic heterocycles. The van der Waals surface area contributed by atoms with Crippen LogP contribution in [0.2, 0.25) is 5.02 Å². The molecule has 0 fully saturated rings. The second-order valence-electron chi connectivity index (χ2n) is 6.62. The van der Waals surface area contributed by atoms with E-state index >= 15 is 0 Å². The summed E-state index contributed by atoms with van der Waals surface area (Å²) < 4.78 is 0. The molecule has 0 spiro atoms. The van der Waals surface area contributed by atoms with E-state index in [1.165, 1.54) is 6.08 Å². The fourth-order valence-corrected chi connectivity index (χ4v) is 3.11. The number of aromatic nitrogens is 2. The molecule has 0 atom stereocenters. The van der Waals surface area contributed by atoms with E-state index in [0.29, 0.717) is 32.9 Å². The van der Waals surface area contributed by atoms with Gasteiger partial charge < -0.3 is 0 Å². The van der Waals surface area contributed by atoms with Crippen LogP contribution in [0.4, 0.5) is 0 Å². The molecule has 2 N–H and O–H groups in total. The number of halogens is 1. The van der Waals surface area contributed by atoms with Gasteiger partial charge in [0.05, 0.1) is 22.5 Å². The molecule has 0 saturated heterocycles. The van der Waals surface area contributed by atoms with E-state index in [9.17, 15) is 9.59 Å². The summed E-state index contributed by atoms with van der Waals surface area (Å²) in [4.78, 5) is 33.9. The summed E-state index contributed by atoms with van der Waals surface area (Å²) >= 11 is 5.85. The minimum atomic E-state index is -0.466. The van der Waals surface area contributed by atoms with Crippen LogP contribution in [0.15, 0.2) is 85.1 Å². The van der Waals surface area contributed by atoms with Gasteiger partial charge in [-0.2, -0.15) is 0 Å². The number of benzene rings is 2. The molecule has 2 heterocycles. The van der Waals surface area contributed by atoms with E-state index in [-0.39, 0.29) is 0 Å². The normalized spacial score (nSPS) is 10.9. The number of fused-ring (bicyclic) bond motifs is 1. The van der Waals surface area contributed by atoms with Crippen LogP contribution in [0.25, 0.3) is 28.4 Å². The fraction of sp³-hybridized carbons (Fsp3) is 0. The number of pyridine rings is 2. The Morgan fingerprint density at radius 2 is 1.65 bits per heavy atom. The number of hydrogen-bond acceptors (Lipinski definition) is 4. The average Bonchev–Trinajstić information content (AvgIpc) is 2.82.